The number of rotatable bonds is 10. The van der Waals surface area contributed by atoms with Gasteiger partial charge in [-0.3, -0.25) is 0 Å². The Bertz CT molecular complexity index is 725. The lowest BCUT2D eigenvalue weighted by atomic mass is 9.77. The molecular formula is C21H31BN2O2. The van der Waals surface area contributed by atoms with Crippen LogP contribution in [-0.4, -0.2) is 29.1 Å². The zero-order valence-corrected chi connectivity index (χ0v) is 16.8. The van der Waals surface area contributed by atoms with Crippen LogP contribution in [-0.2, 0) is 15.7 Å². The maximum atomic E-state index is 6.24. The molecule has 140 valence electrons. The summed E-state index contributed by atoms with van der Waals surface area (Å²) in [6.07, 6.45) is 4.71. The minimum atomic E-state index is -0.386. The lowest BCUT2D eigenvalue weighted by Crippen LogP contribution is -2.43. The van der Waals surface area contributed by atoms with Crippen LogP contribution in [0.15, 0.2) is 43.0 Å². The van der Waals surface area contributed by atoms with Crippen molar-refractivity contribution in [1.82, 2.24) is 9.78 Å². The quantitative estimate of drug-likeness (QED) is 0.473. The molecule has 1 heterocycles. The van der Waals surface area contributed by atoms with Crippen LogP contribution in [0.5, 0.6) is 0 Å². The van der Waals surface area contributed by atoms with Crippen molar-refractivity contribution in [3.05, 3.63) is 54.4 Å². The molecule has 0 spiro atoms. The van der Waals surface area contributed by atoms with Crippen molar-refractivity contribution in [1.29, 1.82) is 0 Å². The van der Waals surface area contributed by atoms with E-state index in [1.165, 1.54) is 5.69 Å². The second-order valence-electron chi connectivity index (χ2n) is 7.13. The van der Waals surface area contributed by atoms with Crippen LogP contribution < -0.4 is 5.46 Å². The maximum Gasteiger partial charge on any atom is 0.494 e. The van der Waals surface area contributed by atoms with Crippen molar-refractivity contribution in [2.24, 2.45) is 0 Å². The molecule has 1 aromatic carbocycles. The monoisotopic (exact) mass is 354 g/mol. The minimum absolute atomic E-state index is 0.243. The van der Waals surface area contributed by atoms with E-state index in [2.05, 4.69) is 56.7 Å². The first-order valence-electron chi connectivity index (χ1n) is 9.46. The van der Waals surface area contributed by atoms with Crippen LogP contribution in [0.4, 0.5) is 0 Å². The zero-order chi connectivity index (χ0) is 19.2. The fourth-order valence-corrected chi connectivity index (χ4v) is 2.73. The molecule has 0 radical (unpaired) electrons. The molecule has 26 heavy (non-hydrogen) atoms. The summed E-state index contributed by atoms with van der Waals surface area (Å²) in [5, 5.41) is 4.67. The van der Waals surface area contributed by atoms with Crippen molar-refractivity contribution in [3.63, 3.8) is 0 Å². The van der Waals surface area contributed by atoms with Gasteiger partial charge in [0.15, 0.2) is 0 Å². The van der Waals surface area contributed by atoms with Crippen molar-refractivity contribution in [2.75, 3.05) is 6.61 Å². The summed E-state index contributed by atoms with van der Waals surface area (Å²) >= 11 is 0. The smallest absolute Gasteiger partial charge is 0.408 e. The number of hydrogen-bond donors (Lipinski definition) is 0. The normalized spacial score (nSPS) is 11.6. The van der Waals surface area contributed by atoms with E-state index in [-0.39, 0.29) is 12.7 Å². The van der Waals surface area contributed by atoms with Crippen LogP contribution in [0.25, 0.3) is 5.69 Å². The molecule has 2 rings (SSSR count). The van der Waals surface area contributed by atoms with Gasteiger partial charge in [0.05, 0.1) is 11.4 Å². The summed E-state index contributed by atoms with van der Waals surface area (Å²) in [6.45, 7) is 14.7. The highest BCUT2D eigenvalue weighted by atomic mass is 16.6. The summed E-state index contributed by atoms with van der Waals surface area (Å²) in [5.41, 5.74) is 3.99. The van der Waals surface area contributed by atoms with Crippen molar-refractivity contribution < 1.29 is 9.31 Å². The number of nitrogens with zero attached hydrogens (tertiary/aromatic N) is 2. The van der Waals surface area contributed by atoms with Gasteiger partial charge in [-0.05, 0) is 70.6 Å². The van der Waals surface area contributed by atoms with Gasteiger partial charge in [-0.15, -0.1) is 6.58 Å². The lowest BCUT2D eigenvalue weighted by Gasteiger charge is -2.28. The van der Waals surface area contributed by atoms with Crippen LogP contribution in [0.2, 0.25) is 0 Å². The Hall–Kier alpha value is -1.85. The van der Waals surface area contributed by atoms with Gasteiger partial charge in [-0.1, -0.05) is 25.1 Å². The molecule has 2 aromatic rings. The number of aryl methyl sites for hydroxylation is 2. The van der Waals surface area contributed by atoms with Gasteiger partial charge in [-0.25, -0.2) is 4.68 Å². The molecule has 0 amide bonds. The van der Waals surface area contributed by atoms with Gasteiger partial charge in [0, 0.05) is 17.9 Å². The molecule has 0 aliphatic heterocycles. The SMILES string of the molecule is C=CCCc1cc(C)nn1-c1cccc(B(OCC)OC(C)(C)CC)c1. The Morgan fingerprint density at radius 2 is 2.04 bits per heavy atom. The summed E-state index contributed by atoms with van der Waals surface area (Å²) < 4.78 is 14.1. The highest BCUT2D eigenvalue weighted by molar-refractivity contribution is 6.61. The fourth-order valence-electron chi connectivity index (χ4n) is 2.73. The number of hydrogen-bond acceptors (Lipinski definition) is 3. The molecule has 0 unspecified atom stereocenters. The minimum Gasteiger partial charge on any atom is -0.408 e. The van der Waals surface area contributed by atoms with Gasteiger partial charge in [0.25, 0.3) is 0 Å². The molecular weight excluding hydrogens is 323 g/mol. The summed E-state index contributed by atoms with van der Waals surface area (Å²) in [7, 11) is -0.386. The van der Waals surface area contributed by atoms with Crippen LogP contribution in [0.3, 0.4) is 0 Å². The second kappa shape index (κ2) is 9.20. The second-order valence-corrected chi connectivity index (χ2v) is 7.13. The van der Waals surface area contributed by atoms with E-state index in [1.807, 2.05) is 30.7 Å². The predicted octanol–water partition coefficient (Wildman–Crippen LogP) is 4.24. The van der Waals surface area contributed by atoms with Crippen LogP contribution >= 0.6 is 0 Å². The number of allylic oxidation sites excluding steroid dienone is 1. The Morgan fingerprint density at radius 3 is 2.69 bits per heavy atom. The van der Waals surface area contributed by atoms with E-state index in [9.17, 15) is 0 Å². The molecule has 0 aliphatic rings. The Labute approximate surface area is 158 Å². The van der Waals surface area contributed by atoms with Gasteiger partial charge in [0.1, 0.15) is 0 Å². The maximum absolute atomic E-state index is 6.24. The van der Waals surface area contributed by atoms with E-state index in [0.29, 0.717) is 6.61 Å². The number of benzene rings is 1. The molecule has 0 bridgehead atoms. The van der Waals surface area contributed by atoms with Crippen molar-refractivity contribution >= 4 is 12.6 Å². The Balaban J connectivity index is 2.35. The molecule has 0 aliphatic carbocycles. The third kappa shape index (κ3) is 5.32. The summed E-state index contributed by atoms with van der Waals surface area (Å²) in [4.78, 5) is 0. The molecule has 0 saturated heterocycles. The van der Waals surface area contributed by atoms with E-state index in [0.717, 1.165) is 36.1 Å². The van der Waals surface area contributed by atoms with E-state index in [1.54, 1.807) is 0 Å². The summed E-state index contributed by atoms with van der Waals surface area (Å²) in [5.74, 6) is 0. The molecule has 4 nitrogen and oxygen atoms in total. The Morgan fingerprint density at radius 1 is 1.27 bits per heavy atom. The third-order valence-corrected chi connectivity index (χ3v) is 4.49. The van der Waals surface area contributed by atoms with E-state index in [4.69, 9.17) is 9.31 Å². The molecule has 0 atom stereocenters. The predicted molar refractivity (Wildman–Crippen MR) is 109 cm³/mol. The average molecular weight is 354 g/mol. The largest absolute Gasteiger partial charge is 0.494 e. The van der Waals surface area contributed by atoms with Gasteiger partial charge < -0.3 is 9.31 Å². The van der Waals surface area contributed by atoms with Gasteiger partial charge in [0.2, 0.25) is 0 Å². The molecule has 5 heteroatoms. The summed E-state index contributed by atoms with van der Waals surface area (Å²) in [6, 6.07) is 10.4. The highest BCUT2D eigenvalue weighted by Gasteiger charge is 2.29. The third-order valence-electron chi connectivity index (χ3n) is 4.49. The molecule has 0 saturated carbocycles. The fraction of sp³-hybridized carbons (Fsp3) is 0.476. The molecule has 0 fully saturated rings. The highest BCUT2D eigenvalue weighted by Crippen LogP contribution is 2.17. The van der Waals surface area contributed by atoms with Crippen molar-refractivity contribution in [3.8, 4) is 5.69 Å². The zero-order valence-electron chi connectivity index (χ0n) is 16.8. The van der Waals surface area contributed by atoms with Crippen LogP contribution in [0, 0.1) is 6.92 Å². The van der Waals surface area contributed by atoms with E-state index < -0.39 is 0 Å². The van der Waals surface area contributed by atoms with E-state index >= 15 is 0 Å². The molecule has 0 N–H and O–H groups in total. The lowest BCUT2D eigenvalue weighted by molar-refractivity contribution is 0.0706. The first-order chi connectivity index (χ1) is 12.4. The first-order valence-corrected chi connectivity index (χ1v) is 9.46. The van der Waals surface area contributed by atoms with Gasteiger partial charge in [-0.2, -0.15) is 5.10 Å². The number of aromatic nitrogens is 2. The van der Waals surface area contributed by atoms with Crippen molar-refractivity contribution in [2.45, 2.75) is 59.5 Å². The Kier molecular flexibility index (Phi) is 7.24. The van der Waals surface area contributed by atoms with Crippen LogP contribution in [0.1, 0.15) is 51.9 Å². The van der Waals surface area contributed by atoms with Gasteiger partial charge >= 0.3 is 7.12 Å². The first kappa shape index (κ1) is 20.5. The standard InChI is InChI=1S/C21H31BN2O2/c1-7-10-13-19-15-17(4)23-24(19)20-14-11-12-18(16-20)22(25-9-3)26-21(5,6)8-2/h7,11-12,14-16H,1,8-10,13H2,2-6H3. The topological polar surface area (TPSA) is 36.3 Å². The average Bonchev–Trinajstić information content (AvgIpc) is 3.00. The molecule has 1 aromatic heterocycles.